The van der Waals surface area contributed by atoms with Crippen molar-refractivity contribution >= 4 is 17.6 Å². The number of carbonyl (C=O) groups is 2. The fourth-order valence-corrected chi connectivity index (χ4v) is 3.27. The van der Waals surface area contributed by atoms with Gasteiger partial charge in [0.25, 0.3) is 17.4 Å². The van der Waals surface area contributed by atoms with E-state index in [1.807, 2.05) is 5.32 Å². The summed E-state index contributed by atoms with van der Waals surface area (Å²) in [7, 11) is 0. The van der Waals surface area contributed by atoms with Crippen LogP contribution >= 0.6 is 0 Å². The van der Waals surface area contributed by atoms with Gasteiger partial charge in [0.2, 0.25) is 0 Å². The number of aromatic nitrogens is 1. The molecule has 0 fully saturated rings. The minimum Gasteiger partial charge on any atom is -0.384 e. The van der Waals surface area contributed by atoms with E-state index < -0.39 is 34.9 Å². The molecule has 0 atom stereocenters. The van der Waals surface area contributed by atoms with Crippen molar-refractivity contribution in [2.75, 3.05) is 5.73 Å². The van der Waals surface area contributed by atoms with Crippen LogP contribution < -0.4 is 16.6 Å². The van der Waals surface area contributed by atoms with Crippen LogP contribution in [0.3, 0.4) is 0 Å². The van der Waals surface area contributed by atoms with Crippen LogP contribution in [0, 0.1) is 5.82 Å². The number of nitrogens with zero attached hydrogens (tertiary/aromatic N) is 1. The molecule has 0 aliphatic carbocycles. The summed E-state index contributed by atoms with van der Waals surface area (Å²) in [5, 5.41) is 2.05. The normalized spacial score (nSPS) is 13.3. The molecule has 1 aliphatic rings. The standard InChI is InChI=1S/C20H11F4N3O3/c21-14-6-3-10(7-13(14)20(22,23)24)9-1-4-11(5-2-9)27-15(28)8-12-16(17(27)25)19(30)26-18(12)29/h1-8H,25H2,(H,26,29,30). The molecule has 2 amide bonds. The number of nitrogens with one attached hydrogen (secondary N) is 1. The van der Waals surface area contributed by atoms with E-state index in [1.165, 1.54) is 30.3 Å². The van der Waals surface area contributed by atoms with Crippen LogP contribution in [0.25, 0.3) is 16.8 Å². The highest BCUT2D eigenvalue weighted by Gasteiger charge is 2.34. The molecule has 0 spiro atoms. The highest BCUT2D eigenvalue weighted by Crippen LogP contribution is 2.34. The lowest BCUT2D eigenvalue weighted by Gasteiger charge is -2.13. The number of carbonyl (C=O) groups excluding carboxylic acids is 2. The van der Waals surface area contributed by atoms with Crippen molar-refractivity contribution in [3.8, 4) is 16.8 Å². The lowest BCUT2D eigenvalue weighted by atomic mass is 10.0. The van der Waals surface area contributed by atoms with Gasteiger partial charge in [-0.15, -0.1) is 0 Å². The topological polar surface area (TPSA) is 94.2 Å². The molecule has 152 valence electrons. The average molecular weight is 417 g/mol. The monoisotopic (exact) mass is 417 g/mol. The second-order valence-electron chi connectivity index (χ2n) is 6.51. The number of nitrogen functional groups attached to an aromatic ring is 1. The molecule has 30 heavy (non-hydrogen) atoms. The van der Waals surface area contributed by atoms with Gasteiger partial charge in [0.15, 0.2) is 0 Å². The SMILES string of the molecule is Nc1c2c(cc(=O)n1-c1ccc(-c3ccc(F)c(C(F)(F)F)c3)cc1)C(=O)NC2=O. The van der Waals surface area contributed by atoms with E-state index in [0.717, 1.165) is 16.7 Å². The number of pyridine rings is 1. The molecule has 2 aromatic carbocycles. The third kappa shape index (κ3) is 3.02. The van der Waals surface area contributed by atoms with Gasteiger partial charge in [-0.05, 0) is 35.4 Å². The van der Waals surface area contributed by atoms with E-state index in [-0.39, 0.29) is 28.2 Å². The summed E-state index contributed by atoms with van der Waals surface area (Å²) in [6, 6.07) is 9.26. The first-order chi connectivity index (χ1) is 14.1. The molecule has 4 rings (SSSR count). The third-order valence-corrected chi connectivity index (χ3v) is 4.68. The first-order valence-electron chi connectivity index (χ1n) is 8.46. The number of hydrogen-bond donors (Lipinski definition) is 2. The van der Waals surface area contributed by atoms with Crippen molar-refractivity contribution in [3.63, 3.8) is 0 Å². The van der Waals surface area contributed by atoms with Gasteiger partial charge in [0.1, 0.15) is 11.6 Å². The quantitative estimate of drug-likeness (QED) is 0.495. The van der Waals surface area contributed by atoms with Crippen molar-refractivity contribution in [1.29, 1.82) is 0 Å². The number of nitrogens with two attached hydrogens (primary N) is 1. The summed E-state index contributed by atoms with van der Waals surface area (Å²) in [6.45, 7) is 0. The zero-order valence-electron chi connectivity index (χ0n) is 14.9. The maximum absolute atomic E-state index is 13.5. The Morgan fingerprint density at radius 1 is 0.867 bits per heavy atom. The summed E-state index contributed by atoms with van der Waals surface area (Å²) in [5.41, 5.74) is 4.32. The maximum atomic E-state index is 13.5. The molecule has 0 saturated carbocycles. The Morgan fingerprint density at radius 3 is 2.13 bits per heavy atom. The van der Waals surface area contributed by atoms with E-state index in [2.05, 4.69) is 0 Å². The number of imide groups is 1. The van der Waals surface area contributed by atoms with Gasteiger partial charge in [0.05, 0.1) is 22.4 Å². The summed E-state index contributed by atoms with van der Waals surface area (Å²) >= 11 is 0. The molecule has 0 unspecified atom stereocenters. The number of rotatable bonds is 2. The number of benzene rings is 2. The number of anilines is 1. The smallest absolute Gasteiger partial charge is 0.384 e. The minimum absolute atomic E-state index is 0.120. The van der Waals surface area contributed by atoms with Gasteiger partial charge in [-0.1, -0.05) is 18.2 Å². The minimum atomic E-state index is -4.84. The second-order valence-corrected chi connectivity index (χ2v) is 6.51. The lowest BCUT2D eigenvalue weighted by Crippen LogP contribution is -2.24. The van der Waals surface area contributed by atoms with Crippen molar-refractivity contribution < 1.29 is 27.2 Å². The van der Waals surface area contributed by atoms with E-state index in [4.69, 9.17) is 5.73 Å². The van der Waals surface area contributed by atoms with Gasteiger partial charge in [0, 0.05) is 6.07 Å². The summed E-state index contributed by atoms with van der Waals surface area (Å²) < 4.78 is 53.3. The lowest BCUT2D eigenvalue weighted by molar-refractivity contribution is -0.139. The van der Waals surface area contributed by atoms with Gasteiger partial charge in [-0.2, -0.15) is 13.2 Å². The van der Waals surface area contributed by atoms with Crippen molar-refractivity contribution in [3.05, 3.63) is 81.4 Å². The zero-order chi connectivity index (χ0) is 21.8. The van der Waals surface area contributed by atoms with Gasteiger partial charge in [-0.3, -0.25) is 24.3 Å². The Morgan fingerprint density at radius 2 is 1.50 bits per heavy atom. The summed E-state index contributed by atoms with van der Waals surface area (Å²) in [5.74, 6) is -3.08. The summed E-state index contributed by atoms with van der Waals surface area (Å²) in [4.78, 5) is 36.1. The average Bonchev–Trinajstić information content (AvgIpc) is 2.95. The molecule has 1 aromatic heterocycles. The van der Waals surface area contributed by atoms with Gasteiger partial charge >= 0.3 is 6.18 Å². The van der Waals surface area contributed by atoms with E-state index in [0.29, 0.717) is 11.6 Å². The molecule has 1 aliphatic heterocycles. The fourth-order valence-electron chi connectivity index (χ4n) is 3.27. The number of amides is 2. The Kier molecular flexibility index (Phi) is 4.23. The van der Waals surface area contributed by atoms with Crippen molar-refractivity contribution in [1.82, 2.24) is 9.88 Å². The van der Waals surface area contributed by atoms with E-state index in [1.54, 1.807) is 0 Å². The maximum Gasteiger partial charge on any atom is 0.419 e. The van der Waals surface area contributed by atoms with Gasteiger partial charge < -0.3 is 5.73 Å². The zero-order valence-corrected chi connectivity index (χ0v) is 14.9. The van der Waals surface area contributed by atoms with Crippen LogP contribution in [0.4, 0.5) is 23.4 Å². The van der Waals surface area contributed by atoms with Crippen LogP contribution in [0.15, 0.2) is 53.3 Å². The van der Waals surface area contributed by atoms with Crippen LogP contribution in [-0.4, -0.2) is 16.4 Å². The highest BCUT2D eigenvalue weighted by atomic mass is 19.4. The molecule has 3 aromatic rings. The predicted octanol–water partition coefficient (Wildman–Crippen LogP) is 3.13. The number of halogens is 4. The van der Waals surface area contributed by atoms with Crippen LogP contribution in [0.1, 0.15) is 26.3 Å². The molecular formula is C20H11F4N3O3. The number of alkyl halides is 3. The second kappa shape index (κ2) is 6.55. The highest BCUT2D eigenvalue weighted by molar-refractivity contribution is 6.23. The molecule has 10 heteroatoms. The third-order valence-electron chi connectivity index (χ3n) is 4.68. The largest absolute Gasteiger partial charge is 0.419 e. The molecule has 0 radical (unpaired) electrons. The molecule has 0 saturated heterocycles. The van der Waals surface area contributed by atoms with E-state index >= 15 is 0 Å². The Hall–Kier alpha value is -3.95. The summed E-state index contributed by atoms with van der Waals surface area (Å²) in [6.07, 6.45) is -4.84. The molecule has 2 heterocycles. The Balaban J connectivity index is 1.78. The fraction of sp³-hybridized carbons (Fsp3) is 0.0500. The number of fused-ring (bicyclic) bond motifs is 1. The molecule has 0 bridgehead atoms. The van der Waals surface area contributed by atoms with Gasteiger partial charge in [-0.25, -0.2) is 4.39 Å². The molecule has 6 nitrogen and oxygen atoms in total. The Bertz CT molecular complexity index is 1280. The van der Waals surface area contributed by atoms with Crippen LogP contribution in [0.2, 0.25) is 0 Å². The molecule has 3 N–H and O–H groups in total. The Labute approximate surface area is 165 Å². The van der Waals surface area contributed by atoms with Crippen molar-refractivity contribution in [2.45, 2.75) is 6.18 Å². The molecular weight excluding hydrogens is 406 g/mol. The first kappa shape index (κ1) is 19.4. The first-order valence-corrected chi connectivity index (χ1v) is 8.46. The van der Waals surface area contributed by atoms with E-state index in [9.17, 15) is 31.9 Å². The van der Waals surface area contributed by atoms with Crippen LogP contribution in [0.5, 0.6) is 0 Å². The number of hydrogen-bond acceptors (Lipinski definition) is 4. The predicted molar refractivity (Wildman–Crippen MR) is 98.6 cm³/mol. The van der Waals surface area contributed by atoms with Crippen molar-refractivity contribution in [2.24, 2.45) is 0 Å². The van der Waals surface area contributed by atoms with Crippen LogP contribution in [-0.2, 0) is 6.18 Å².